The van der Waals surface area contributed by atoms with Gasteiger partial charge in [0.2, 0.25) is 5.91 Å². The number of carbonyl (C=O) groups is 2. The first-order chi connectivity index (χ1) is 19.5. The molecule has 2 bridgehead atoms. The number of nitrogens with zero attached hydrogens (tertiary/aromatic N) is 3. The predicted octanol–water partition coefficient (Wildman–Crippen LogP) is 6.71. The van der Waals surface area contributed by atoms with Crippen molar-refractivity contribution in [2.75, 3.05) is 7.11 Å². The second-order valence-corrected chi connectivity index (χ2v) is 11.9. The number of methoxy groups -OCH3 is 1. The zero-order valence-corrected chi connectivity index (χ0v) is 25.1. The third kappa shape index (κ3) is 5.47. The van der Waals surface area contributed by atoms with Gasteiger partial charge in [0.1, 0.15) is 11.3 Å². The van der Waals surface area contributed by atoms with E-state index in [0.717, 1.165) is 52.9 Å². The summed E-state index contributed by atoms with van der Waals surface area (Å²) in [6.07, 6.45) is 6.62. The molecule has 0 saturated heterocycles. The maximum atomic E-state index is 13.1. The van der Waals surface area contributed by atoms with Crippen LogP contribution in [0.15, 0.2) is 48.6 Å². The molecule has 4 aromatic rings. The van der Waals surface area contributed by atoms with Crippen LogP contribution in [0.2, 0.25) is 0 Å². The molecule has 8 heteroatoms. The average molecular weight is 557 g/mol. The van der Waals surface area contributed by atoms with Crippen molar-refractivity contribution >= 4 is 33.8 Å². The van der Waals surface area contributed by atoms with E-state index >= 15 is 0 Å². The van der Waals surface area contributed by atoms with Gasteiger partial charge in [-0.05, 0) is 69.9 Å². The van der Waals surface area contributed by atoms with E-state index in [9.17, 15) is 9.59 Å². The van der Waals surface area contributed by atoms with E-state index in [2.05, 4.69) is 46.3 Å². The summed E-state index contributed by atoms with van der Waals surface area (Å²) in [5, 5.41) is 4.32. The second-order valence-electron chi connectivity index (χ2n) is 11.9. The lowest BCUT2D eigenvalue weighted by Gasteiger charge is -2.25. The van der Waals surface area contributed by atoms with Crippen LogP contribution in [-0.2, 0) is 23.1 Å². The van der Waals surface area contributed by atoms with Crippen molar-refractivity contribution in [2.45, 2.75) is 72.6 Å². The van der Waals surface area contributed by atoms with Crippen molar-refractivity contribution in [3.63, 3.8) is 0 Å². The Morgan fingerprint density at radius 2 is 1.93 bits per heavy atom. The van der Waals surface area contributed by atoms with E-state index in [4.69, 9.17) is 14.5 Å². The largest absolute Gasteiger partial charge is 0.494 e. The van der Waals surface area contributed by atoms with Crippen LogP contribution < -0.4 is 10.1 Å². The third-order valence-electron chi connectivity index (χ3n) is 7.90. The number of hydrogen-bond acceptors (Lipinski definition) is 5. The molecule has 41 heavy (non-hydrogen) atoms. The monoisotopic (exact) mass is 556 g/mol. The second kappa shape index (κ2) is 11.1. The number of hydrogen-bond donors (Lipinski definition) is 1. The average Bonchev–Trinajstić information content (AvgIpc) is 3.45. The number of rotatable bonds is 4. The van der Waals surface area contributed by atoms with E-state index in [1.807, 2.05) is 46.2 Å². The molecule has 0 radical (unpaired) electrons. The Balaban J connectivity index is 1.64. The van der Waals surface area contributed by atoms with Crippen LogP contribution in [-0.4, -0.2) is 39.2 Å². The molecule has 3 heterocycles. The van der Waals surface area contributed by atoms with Gasteiger partial charge in [-0.2, -0.15) is 0 Å². The number of nitrogens with one attached hydrogen (secondary N) is 1. The minimum Gasteiger partial charge on any atom is -0.494 e. The van der Waals surface area contributed by atoms with Crippen LogP contribution in [0.3, 0.4) is 0 Å². The molecule has 1 aliphatic heterocycles. The molecule has 8 nitrogen and oxygen atoms in total. The summed E-state index contributed by atoms with van der Waals surface area (Å²) in [5.41, 5.74) is 4.55. The number of ether oxygens (including phenoxy) is 2. The number of esters is 1. The SMILES string of the molecule is COc1cc(C(=O)OC(C)C)cc2nc(-c3cc4ccc5cc4n3CCC/C=C/CC(C)(C)C(=O)N[C@@H]5C)n(C)c12. The molecule has 1 atom stereocenters. The van der Waals surface area contributed by atoms with Crippen molar-refractivity contribution in [3.8, 4) is 17.3 Å². The fourth-order valence-electron chi connectivity index (χ4n) is 5.49. The molecule has 0 spiro atoms. The Morgan fingerprint density at radius 1 is 1.15 bits per heavy atom. The molecule has 2 aromatic heterocycles. The first kappa shape index (κ1) is 28.5. The van der Waals surface area contributed by atoms with Crippen LogP contribution in [0.25, 0.3) is 33.5 Å². The Kier molecular flexibility index (Phi) is 7.68. The molecule has 0 unspecified atom stereocenters. The van der Waals surface area contributed by atoms with Gasteiger partial charge in [-0.15, -0.1) is 0 Å². The number of fused-ring (bicyclic) bond motifs is 2. The van der Waals surface area contributed by atoms with Crippen molar-refractivity contribution in [3.05, 3.63) is 59.7 Å². The molecule has 2 aromatic carbocycles. The van der Waals surface area contributed by atoms with Crippen LogP contribution in [0.1, 0.15) is 75.8 Å². The zero-order valence-electron chi connectivity index (χ0n) is 25.1. The summed E-state index contributed by atoms with van der Waals surface area (Å²) in [5.74, 6) is 0.995. The molecule has 1 aliphatic rings. The normalized spacial score (nSPS) is 18.4. The van der Waals surface area contributed by atoms with E-state index < -0.39 is 11.4 Å². The quantitative estimate of drug-likeness (QED) is 0.223. The number of amides is 1. The Hall–Kier alpha value is -4.07. The van der Waals surface area contributed by atoms with Gasteiger partial charge in [0.05, 0.1) is 36.0 Å². The fourth-order valence-corrected chi connectivity index (χ4v) is 5.49. The summed E-state index contributed by atoms with van der Waals surface area (Å²) in [7, 11) is 3.57. The molecule has 0 aliphatic carbocycles. The number of allylic oxidation sites excluding steroid dienone is 2. The number of benzene rings is 2. The summed E-state index contributed by atoms with van der Waals surface area (Å²) in [6.45, 7) is 10.5. The van der Waals surface area contributed by atoms with Gasteiger partial charge in [0.15, 0.2) is 5.82 Å². The Morgan fingerprint density at radius 3 is 2.66 bits per heavy atom. The lowest BCUT2D eigenvalue weighted by molar-refractivity contribution is -0.129. The maximum Gasteiger partial charge on any atom is 0.338 e. The summed E-state index contributed by atoms with van der Waals surface area (Å²) in [4.78, 5) is 30.8. The molecule has 0 fully saturated rings. The standard InChI is InChI=1S/C33H40N4O4/c1-20(2)41-31(38)24-16-25-29(28(19-24)40-7)36(6)30(35-25)27-18-23-13-12-22-17-26(23)37(27)15-11-9-8-10-14-33(4,5)32(39)34-21(22)3/h8,10,12-13,16-21H,9,11,14-15H2,1-7H3,(H,34,39)/b10-8+/t21-/m1/s1. The van der Waals surface area contributed by atoms with Crippen LogP contribution in [0.5, 0.6) is 5.75 Å². The highest BCUT2D eigenvalue weighted by atomic mass is 16.5. The summed E-state index contributed by atoms with van der Waals surface area (Å²) in [6, 6.07) is 11.9. The zero-order chi connectivity index (χ0) is 29.5. The smallest absolute Gasteiger partial charge is 0.338 e. The Labute approximate surface area is 241 Å². The first-order valence-corrected chi connectivity index (χ1v) is 14.3. The van der Waals surface area contributed by atoms with Crippen LogP contribution in [0.4, 0.5) is 0 Å². The van der Waals surface area contributed by atoms with Crippen molar-refractivity contribution in [1.82, 2.24) is 19.4 Å². The van der Waals surface area contributed by atoms with Gasteiger partial charge in [0.25, 0.3) is 0 Å². The maximum absolute atomic E-state index is 13.1. The molecular formula is C33H40N4O4. The fraction of sp³-hybridized carbons (Fsp3) is 0.424. The van der Waals surface area contributed by atoms with Crippen LogP contribution in [0, 0.1) is 5.41 Å². The lowest BCUT2D eigenvalue weighted by atomic mass is 9.87. The number of imidazole rings is 1. The number of carbonyl (C=O) groups excluding carboxylic acids is 2. The topological polar surface area (TPSA) is 87.4 Å². The Bertz CT molecular complexity index is 1660. The van der Waals surface area contributed by atoms with E-state index in [1.54, 1.807) is 19.2 Å². The van der Waals surface area contributed by atoms with Gasteiger partial charge in [-0.3, -0.25) is 4.79 Å². The van der Waals surface area contributed by atoms with Crippen molar-refractivity contribution in [2.24, 2.45) is 12.5 Å². The van der Waals surface area contributed by atoms with Crippen molar-refractivity contribution < 1.29 is 19.1 Å². The highest BCUT2D eigenvalue weighted by Crippen LogP contribution is 2.35. The van der Waals surface area contributed by atoms with Gasteiger partial charge in [0, 0.05) is 29.9 Å². The van der Waals surface area contributed by atoms with E-state index in [-0.39, 0.29) is 18.1 Å². The number of aromatic nitrogens is 3. The molecule has 1 amide bonds. The number of aryl methyl sites for hydroxylation is 2. The van der Waals surface area contributed by atoms with Gasteiger partial charge >= 0.3 is 5.97 Å². The molecule has 5 rings (SSSR count). The summed E-state index contributed by atoms with van der Waals surface area (Å²) < 4.78 is 15.5. The first-order valence-electron chi connectivity index (χ1n) is 14.3. The summed E-state index contributed by atoms with van der Waals surface area (Å²) >= 11 is 0. The van der Waals surface area contributed by atoms with Gasteiger partial charge in [-0.1, -0.05) is 38.1 Å². The molecule has 1 N–H and O–H groups in total. The molecular weight excluding hydrogens is 516 g/mol. The highest BCUT2D eigenvalue weighted by molar-refractivity contribution is 5.97. The van der Waals surface area contributed by atoms with Crippen molar-refractivity contribution in [1.29, 1.82) is 0 Å². The highest BCUT2D eigenvalue weighted by Gasteiger charge is 2.28. The van der Waals surface area contributed by atoms with E-state index in [1.165, 1.54) is 0 Å². The van der Waals surface area contributed by atoms with E-state index in [0.29, 0.717) is 23.3 Å². The molecule has 216 valence electrons. The minimum absolute atomic E-state index is 0.0492. The lowest BCUT2D eigenvalue weighted by Crippen LogP contribution is -2.38. The van der Waals surface area contributed by atoms with Crippen LogP contribution >= 0.6 is 0 Å². The van der Waals surface area contributed by atoms with Gasteiger partial charge < -0.3 is 23.9 Å². The third-order valence-corrected chi connectivity index (χ3v) is 7.90. The molecule has 0 saturated carbocycles. The predicted molar refractivity (Wildman–Crippen MR) is 162 cm³/mol. The van der Waals surface area contributed by atoms with Gasteiger partial charge in [-0.25, -0.2) is 9.78 Å². The minimum atomic E-state index is -0.473.